The number of carbonyl (C=O) groups is 2. The SMILES string of the molecule is C=C(C)C(=O)OC(CCC)C(=O)O[Si](C(C)CC)(C(C)CC)C(C)CC. The summed E-state index contributed by atoms with van der Waals surface area (Å²) in [6.07, 6.45) is 3.33. The Bertz CT molecular complexity index is 448. The summed E-state index contributed by atoms with van der Waals surface area (Å²) < 4.78 is 11.8. The first-order valence-corrected chi connectivity index (χ1v) is 12.3. The van der Waals surface area contributed by atoms with Gasteiger partial charge in [-0.05, 0) is 30.0 Å². The van der Waals surface area contributed by atoms with Gasteiger partial charge in [0.25, 0.3) is 8.32 Å². The molecule has 0 aromatic carbocycles. The Morgan fingerprint density at radius 2 is 1.35 bits per heavy atom. The van der Waals surface area contributed by atoms with E-state index in [9.17, 15) is 9.59 Å². The van der Waals surface area contributed by atoms with Crippen LogP contribution in [0, 0.1) is 0 Å². The summed E-state index contributed by atoms with van der Waals surface area (Å²) >= 11 is 0. The second kappa shape index (κ2) is 11.6. The van der Waals surface area contributed by atoms with Gasteiger partial charge in [-0.3, -0.25) is 0 Å². The van der Waals surface area contributed by atoms with Crippen LogP contribution in [-0.2, 0) is 18.8 Å². The summed E-state index contributed by atoms with van der Waals surface area (Å²) in [7, 11) is -2.40. The van der Waals surface area contributed by atoms with Crippen LogP contribution in [0.15, 0.2) is 12.2 Å². The molecule has 0 radical (unpaired) electrons. The van der Waals surface area contributed by atoms with E-state index in [1.54, 1.807) is 6.92 Å². The molecule has 0 aromatic rings. The topological polar surface area (TPSA) is 52.6 Å². The highest BCUT2D eigenvalue weighted by molar-refractivity contribution is 6.79. The van der Waals surface area contributed by atoms with Gasteiger partial charge in [0, 0.05) is 5.57 Å². The second-order valence-electron chi connectivity index (χ2n) is 7.67. The Kier molecular flexibility index (Phi) is 11.1. The molecule has 0 heterocycles. The minimum Gasteiger partial charge on any atom is -0.516 e. The summed E-state index contributed by atoms with van der Waals surface area (Å²) in [5.41, 5.74) is 1.37. The van der Waals surface area contributed by atoms with Crippen LogP contribution >= 0.6 is 0 Å². The van der Waals surface area contributed by atoms with Crippen molar-refractivity contribution in [3.8, 4) is 0 Å². The Balaban J connectivity index is 5.79. The predicted octanol–water partition coefficient (Wildman–Crippen LogP) is 6.16. The number of esters is 1. The maximum atomic E-state index is 13.1. The van der Waals surface area contributed by atoms with Crippen molar-refractivity contribution in [3.63, 3.8) is 0 Å². The lowest BCUT2D eigenvalue weighted by Gasteiger charge is -2.44. The fraction of sp³-hybridized carbons (Fsp3) is 0.810. The van der Waals surface area contributed by atoms with Crippen molar-refractivity contribution in [2.45, 2.75) is 110 Å². The number of ether oxygens (including phenoxy) is 1. The predicted molar refractivity (Wildman–Crippen MR) is 111 cm³/mol. The standard InChI is InChI=1S/C21H40O4Si/c1-10-14-19(24-20(22)15(5)6)21(23)25-26(16(7)11-2,17(8)12-3)18(9)13-4/h16-19H,5,10-14H2,1-4,6-9H3. The molecule has 0 spiro atoms. The molecule has 0 amide bonds. The number of hydrogen-bond acceptors (Lipinski definition) is 4. The zero-order valence-electron chi connectivity index (χ0n) is 18.2. The lowest BCUT2D eigenvalue weighted by Crippen LogP contribution is -2.53. The third-order valence-corrected chi connectivity index (χ3v) is 12.2. The van der Waals surface area contributed by atoms with Crippen LogP contribution in [0.25, 0.3) is 0 Å². The molecular formula is C21H40O4Si. The fourth-order valence-electron chi connectivity index (χ4n) is 3.67. The molecule has 0 aromatic heterocycles. The smallest absolute Gasteiger partial charge is 0.334 e. The molecule has 152 valence electrons. The Labute approximate surface area is 161 Å². The molecule has 0 saturated carbocycles. The van der Waals surface area contributed by atoms with Gasteiger partial charge in [-0.25, -0.2) is 9.59 Å². The van der Waals surface area contributed by atoms with E-state index >= 15 is 0 Å². The summed E-state index contributed by atoms with van der Waals surface area (Å²) in [5, 5.41) is 0. The molecule has 4 nitrogen and oxygen atoms in total. The summed E-state index contributed by atoms with van der Waals surface area (Å²) in [5.74, 6) is -0.891. The Morgan fingerprint density at radius 3 is 1.65 bits per heavy atom. The highest BCUT2D eigenvalue weighted by atomic mass is 28.4. The minimum atomic E-state index is -2.40. The quantitative estimate of drug-likeness (QED) is 0.229. The van der Waals surface area contributed by atoms with Gasteiger partial charge in [0.2, 0.25) is 0 Å². The van der Waals surface area contributed by atoms with E-state index in [4.69, 9.17) is 9.16 Å². The zero-order valence-corrected chi connectivity index (χ0v) is 19.2. The number of carbonyl (C=O) groups excluding carboxylic acids is 2. The van der Waals surface area contributed by atoms with Crippen LogP contribution in [0.4, 0.5) is 0 Å². The van der Waals surface area contributed by atoms with Gasteiger partial charge < -0.3 is 9.16 Å². The summed E-state index contributed by atoms with van der Waals surface area (Å²) in [6, 6.07) is 0. The van der Waals surface area contributed by atoms with Crippen molar-refractivity contribution in [1.82, 2.24) is 0 Å². The van der Waals surface area contributed by atoms with Crippen LogP contribution in [0.3, 0.4) is 0 Å². The monoisotopic (exact) mass is 384 g/mol. The third kappa shape index (κ3) is 5.97. The Morgan fingerprint density at radius 1 is 0.923 bits per heavy atom. The number of hydrogen-bond donors (Lipinski definition) is 0. The molecule has 26 heavy (non-hydrogen) atoms. The van der Waals surface area contributed by atoms with E-state index in [-0.39, 0.29) is 5.97 Å². The second-order valence-corrected chi connectivity index (χ2v) is 12.5. The first-order valence-electron chi connectivity index (χ1n) is 10.2. The first-order chi connectivity index (χ1) is 12.1. The molecular weight excluding hydrogens is 344 g/mol. The molecule has 0 saturated heterocycles. The van der Waals surface area contributed by atoms with Crippen LogP contribution in [0.1, 0.15) is 87.5 Å². The number of rotatable bonds is 12. The third-order valence-electron chi connectivity index (χ3n) is 5.84. The minimum absolute atomic E-state index is 0.299. The maximum absolute atomic E-state index is 13.1. The molecule has 0 bridgehead atoms. The molecule has 0 fully saturated rings. The van der Waals surface area contributed by atoms with E-state index < -0.39 is 20.4 Å². The van der Waals surface area contributed by atoms with Gasteiger partial charge in [0.15, 0.2) is 6.10 Å². The van der Waals surface area contributed by atoms with Crippen LogP contribution in [-0.4, -0.2) is 26.4 Å². The first kappa shape index (κ1) is 24.9. The molecule has 4 unspecified atom stereocenters. The normalized spacial score (nSPS) is 18.2. The van der Waals surface area contributed by atoms with E-state index in [0.717, 1.165) is 25.7 Å². The van der Waals surface area contributed by atoms with Crippen molar-refractivity contribution in [3.05, 3.63) is 12.2 Å². The molecule has 0 aliphatic heterocycles. The average molecular weight is 385 g/mol. The maximum Gasteiger partial charge on any atom is 0.334 e. The van der Waals surface area contributed by atoms with Crippen molar-refractivity contribution in [2.24, 2.45) is 0 Å². The van der Waals surface area contributed by atoms with Gasteiger partial charge >= 0.3 is 11.9 Å². The highest BCUT2D eigenvalue weighted by Gasteiger charge is 2.52. The van der Waals surface area contributed by atoms with Crippen molar-refractivity contribution in [2.75, 3.05) is 0 Å². The van der Waals surface area contributed by atoms with Gasteiger partial charge in [0.05, 0.1) is 0 Å². The van der Waals surface area contributed by atoms with Crippen molar-refractivity contribution >= 4 is 20.3 Å². The van der Waals surface area contributed by atoms with Crippen LogP contribution in [0.5, 0.6) is 0 Å². The molecule has 0 aliphatic rings. The van der Waals surface area contributed by atoms with Crippen molar-refractivity contribution in [1.29, 1.82) is 0 Å². The van der Waals surface area contributed by atoms with Crippen molar-refractivity contribution < 1.29 is 18.8 Å². The molecule has 0 N–H and O–H groups in total. The fourth-order valence-corrected chi connectivity index (χ4v) is 9.58. The van der Waals surface area contributed by atoms with Gasteiger partial charge in [0.1, 0.15) is 0 Å². The summed E-state index contributed by atoms with van der Waals surface area (Å²) in [6.45, 7) is 20.3. The van der Waals surface area contributed by atoms with E-state index in [2.05, 4.69) is 48.1 Å². The molecule has 5 heteroatoms. The van der Waals surface area contributed by atoms with E-state index in [1.807, 2.05) is 6.92 Å². The van der Waals surface area contributed by atoms with Gasteiger partial charge in [-0.15, -0.1) is 0 Å². The van der Waals surface area contributed by atoms with Crippen LogP contribution in [0.2, 0.25) is 16.6 Å². The average Bonchev–Trinajstić information content (AvgIpc) is 2.63. The van der Waals surface area contributed by atoms with E-state index in [1.165, 1.54) is 0 Å². The van der Waals surface area contributed by atoms with E-state index in [0.29, 0.717) is 28.6 Å². The summed E-state index contributed by atoms with van der Waals surface area (Å²) in [4.78, 5) is 25.0. The largest absolute Gasteiger partial charge is 0.516 e. The molecule has 0 aliphatic carbocycles. The Hall–Kier alpha value is -1.10. The molecule has 4 atom stereocenters. The zero-order chi connectivity index (χ0) is 20.5. The lowest BCUT2D eigenvalue weighted by atomic mass is 10.2. The highest BCUT2D eigenvalue weighted by Crippen LogP contribution is 2.47. The lowest BCUT2D eigenvalue weighted by molar-refractivity contribution is -0.160. The van der Waals surface area contributed by atoms with Gasteiger partial charge in [-0.1, -0.05) is 80.7 Å². The molecule has 0 rings (SSSR count). The van der Waals surface area contributed by atoms with Gasteiger partial charge in [-0.2, -0.15) is 0 Å². The van der Waals surface area contributed by atoms with Crippen LogP contribution < -0.4 is 0 Å².